The lowest BCUT2D eigenvalue weighted by Gasteiger charge is -2.34. The molecule has 0 unspecified atom stereocenters. The van der Waals surface area contributed by atoms with Crippen LogP contribution in [0, 0.1) is 6.92 Å². The van der Waals surface area contributed by atoms with E-state index in [9.17, 15) is 14.4 Å². The highest BCUT2D eigenvalue weighted by Crippen LogP contribution is 2.14. The van der Waals surface area contributed by atoms with Gasteiger partial charge in [-0.05, 0) is 36.8 Å². The van der Waals surface area contributed by atoms with E-state index in [-0.39, 0.29) is 24.9 Å². The standard InChI is InChI=1S/C25H30N2O5/c1-3-23(28)21-7-9-22(10-8-21)31-18-25(30)32-17-24(29)27-13-11-26(12-14-27)16-20-6-4-5-19(2)15-20/h4-10,15H,3,11-14,16-18H2,1-2H3. The summed E-state index contributed by atoms with van der Waals surface area (Å²) >= 11 is 0. The van der Waals surface area contributed by atoms with Crippen LogP contribution >= 0.6 is 0 Å². The summed E-state index contributed by atoms with van der Waals surface area (Å²) in [7, 11) is 0. The molecule has 0 atom stereocenters. The summed E-state index contributed by atoms with van der Waals surface area (Å²) in [6, 6.07) is 15.0. The van der Waals surface area contributed by atoms with Crippen molar-refractivity contribution in [3.63, 3.8) is 0 Å². The predicted molar refractivity (Wildman–Crippen MR) is 121 cm³/mol. The van der Waals surface area contributed by atoms with Crippen LogP contribution in [0.3, 0.4) is 0 Å². The van der Waals surface area contributed by atoms with Crippen molar-refractivity contribution in [3.05, 3.63) is 65.2 Å². The molecule has 2 aromatic rings. The number of esters is 1. The van der Waals surface area contributed by atoms with E-state index in [0.717, 1.165) is 19.6 Å². The maximum Gasteiger partial charge on any atom is 0.344 e. The zero-order chi connectivity index (χ0) is 22.9. The fourth-order valence-corrected chi connectivity index (χ4v) is 3.58. The normalized spacial score (nSPS) is 14.1. The number of ether oxygens (including phenoxy) is 2. The van der Waals surface area contributed by atoms with E-state index in [0.29, 0.717) is 30.8 Å². The highest BCUT2D eigenvalue weighted by Gasteiger charge is 2.22. The van der Waals surface area contributed by atoms with Crippen molar-refractivity contribution in [2.24, 2.45) is 0 Å². The van der Waals surface area contributed by atoms with Crippen LogP contribution in [0.4, 0.5) is 0 Å². The van der Waals surface area contributed by atoms with Gasteiger partial charge in [-0.25, -0.2) is 4.79 Å². The second kappa shape index (κ2) is 11.4. The Kier molecular flexibility index (Phi) is 8.39. The Hall–Kier alpha value is -3.19. The smallest absolute Gasteiger partial charge is 0.344 e. The molecule has 0 radical (unpaired) electrons. The third-order valence-corrected chi connectivity index (χ3v) is 5.42. The molecule has 7 heteroatoms. The number of rotatable bonds is 9. The minimum Gasteiger partial charge on any atom is -0.482 e. The lowest BCUT2D eigenvalue weighted by atomic mass is 10.1. The van der Waals surface area contributed by atoms with E-state index >= 15 is 0 Å². The summed E-state index contributed by atoms with van der Waals surface area (Å²) < 4.78 is 10.4. The van der Waals surface area contributed by atoms with Crippen molar-refractivity contribution in [3.8, 4) is 5.75 Å². The zero-order valence-electron chi connectivity index (χ0n) is 18.7. The van der Waals surface area contributed by atoms with E-state index < -0.39 is 5.97 Å². The number of aryl methyl sites for hydroxylation is 1. The highest BCUT2D eigenvalue weighted by atomic mass is 16.6. The third-order valence-electron chi connectivity index (χ3n) is 5.42. The van der Waals surface area contributed by atoms with Gasteiger partial charge in [-0.3, -0.25) is 14.5 Å². The maximum absolute atomic E-state index is 12.4. The third kappa shape index (κ3) is 6.92. The average molecular weight is 439 g/mol. The Bertz CT molecular complexity index is 934. The average Bonchev–Trinajstić information content (AvgIpc) is 2.81. The molecule has 7 nitrogen and oxygen atoms in total. The van der Waals surface area contributed by atoms with Gasteiger partial charge >= 0.3 is 5.97 Å². The second-order valence-electron chi connectivity index (χ2n) is 7.90. The summed E-state index contributed by atoms with van der Waals surface area (Å²) in [5, 5.41) is 0. The van der Waals surface area contributed by atoms with E-state index in [2.05, 4.69) is 36.1 Å². The van der Waals surface area contributed by atoms with Gasteiger partial charge in [0.05, 0.1) is 0 Å². The molecular weight excluding hydrogens is 408 g/mol. The Labute approximate surface area is 188 Å². The quantitative estimate of drug-likeness (QED) is 0.443. The minimum atomic E-state index is -0.606. The van der Waals surface area contributed by atoms with Gasteiger partial charge in [0.1, 0.15) is 5.75 Å². The number of hydrogen-bond acceptors (Lipinski definition) is 6. The molecule has 0 saturated carbocycles. The van der Waals surface area contributed by atoms with Crippen LogP contribution in [0.2, 0.25) is 0 Å². The Morgan fingerprint density at radius 2 is 1.66 bits per heavy atom. The van der Waals surface area contributed by atoms with E-state index in [4.69, 9.17) is 9.47 Å². The highest BCUT2D eigenvalue weighted by molar-refractivity contribution is 5.95. The van der Waals surface area contributed by atoms with Crippen molar-refractivity contribution in [2.75, 3.05) is 39.4 Å². The van der Waals surface area contributed by atoms with Gasteiger partial charge in [0, 0.05) is 44.7 Å². The van der Waals surface area contributed by atoms with E-state index in [1.165, 1.54) is 11.1 Å². The van der Waals surface area contributed by atoms with E-state index in [1.54, 1.807) is 36.1 Å². The van der Waals surface area contributed by atoms with Crippen molar-refractivity contribution < 1.29 is 23.9 Å². The summed E-state index contributed by atoms with van der Waals surface area (Å²) in [5.74, 6) is -0.294. The number of hydrogen-bond donors (Lipinski definition) is 0. The van der Waals surface area contributed by atoms with Gasteiger partial charge in [0.25, 0.3) is 5.91 Å². The van der Waals surface area contributed by atoms with Gasteiger partial charge in [-0.1, -0.05) is 36.8 Å². The topological polar surface area (TPSA) is 76.2 Å². The van der Waals surface area contributed by atoms with Crippen molar-refractivity contribution in [2.45, 2.75) is 26.8 Å². The number of piperazine rings is 1. The molecule has 1 aliphatic rings. The molecule has 1 heterocycles. The number of amides is 1. The molecule has 1 saturated heterocycles. The monoisotopic (exact) mass is 438 g/mol. The van der Waals surface area contributed by atoms with Crippen molar-refractivity contribution >= 4 is 17.7 Å². The first-order chi connectivity index (χ1) is 15.4. The SMILES string of the molecule is CCC(=O)c1ccc(OCC(=O)OCC(=O)N2CCN(Cc3cccc(C)c3)CC2)cc1. The molecule has 3 rings (SSSR count). The molecule has 0 aliphatic carbocycles. The molecule has 0 bridgehead atoms. The van der Waals surface area contributed by atoms with Crippen LogP contribution in [-0.4, -0.2) is 66.9 Å². The number of carbonyl (C=O) groups is 3. The Morgan fingerprint density at radius 1 is 0.938 bits per heavy atom. The van der Waals surface area contributed by atoms with Crippen LogP contribution in [0.15, 0.2) is 48.5 Å². The van der Waals surface area contributed by atoms with Gasteiger partial charge in [-0.2, -0.15) is 0 Å². The van der Waals surface area contributed by atoms with Crippen LogP contribution in [0.25, 0.3) is 0 Å². The van der Waals surface area contributed by atoms with Crippen molar-refractivity contribution in [1.82, 2.24) is 9.80 Å². The first-order valence-electron chi connectivity index (χ1n) is 10.9. The summed E-state index contributed by atoms with van der Waals surface area (Å²) in [6.07, 6.45) is 0.433. The molecule has 2 aromatic carbocycles. The van der Waals surface area contributed by atoms with Gasteiger partial charge in [0.2, 0.25) is 0 Å². The predicted octanol–water partition coefficient (Wildman–Crippen LogP) is 2.85. The Balaban J connectivity index is 1.34. The van der Waals surface area contributed by atoms with Crippen LogP contribution in [0.1, 0.15) is 34.8 Å². The summed E-state index contributed by atoms with van der Waals surface area (Å²) in [6.45, 7) is 6.96. The molecule has 170 valence electrons. The van der Waals surface area contributed by atoms with Crippen LogP contribution in [-0.2, 0) is 20.9 Å². The van der Waals surface area contributed by atoms with Crippen LogP contribution < -0.4 is 4.74 Å². The molecule has 0 aromatic heterocycles. The first-order valence-corrected chi connectivity index (χ1v) is 10.9. The zero-order valence-corrected chi connectivity index (χ0v) is 18.7. The number of Topliss-reactive ketones (excluding diaryl/α,β-unsaturated/α-hetero) is 1. The van der Waals surface area contributed by atoms with Gasteiger partial charge in [0.15, 0.2) is 19.0 Å². The largest absolute Gasteiger partial charge is 0.482 e. The van der Waals surface area contributed by atoms with Crippen molar-refractivity contribution in [1.29, 1.82) is 0 Å². The van der Waals surface area contributed by atoms with Crippen LogP contribution in [0.5, 0.6) is 5.75 Å². The van der Waals surface area contributed by atoms with Gasteiger partial charge < -0.3 is 14.4 Å². The lowest BCUT2D eigenvalue weighted by Crippen LogP contribution is -2.49. The number of nitrogens with zero attached hydrogens (tertiary/aromatic N) is 2. The molecule has 32 heavy (non-hydrogen) atoms. The van der Waals surface area contributed by atoms with Gasteiger partial charge in [-0.15, -0.1) is 0 Å². The number of benzene rings is 2. The fraction of sp³-hybridized carbons (Fsp3) is 0.400. The Morgan fingerprint density at radius 3 is 2.31 bits per heavy atom. The first kappa shape index (κ1) is 23.5. The molecule has 1 fully saturated rings. The summed E-state index contributed by atoms with van der Waals surface area (Å²) in [5.41, 5.74) is 3.11. The molecule has 1 amide bonds. The minimum absolute atomic E-state index is 0.0467. The maximum atomic E-state index is 12.4. The van der Waals surface area contributed by atoms with E-state index in [1.807, 2.05) is 0 Å². The lowest BCUT2D eigenvalue weighted by molar-refractivity contribution is -0.154. The summed E-state index contributed by atoms with van der Waals surface area (Å²) in [4.78, 5) is 40.0. The molecule has 0 spiro atoms. The molecular formula is C25H30N2O5. The number of ketones is 1. The molecule has 1 aliphatic heterocycles. The second-order valence-corrected chi connectivity index (χ2v) is 7.90. The molecule has 0 N–H and O–H groups in total. The number of carbonyl (C=O) groups excluding carboxylic acids is 3. The fourth-order valence-electron chi connectivity index (χ4n) is 3.58.